The van der Waals surface area contributed by atoms with Gasteiger partial charge < -0.3 is 10.2 Å². The molecule has 3 aromatic carbocycles. The van der Waals surface area contributed by atoms with Gasteiger partial charge in [0.15, 0.2) is 7.05 Å². The number of benzene rings is 3. The molecular weight excluding hydrogens is 438 g/mol. The number of rotatable bonds is 10. The van der Waals surface area contributed by atoms with Crippen LogP contribution in [0.3, 0.4) is 0 Å². The summed E-state index contributed by atoms with van der Waals surface area (Å²) in [5, 5.41) is 8.31. The summed E-state index contributed by atoms with van der Waals surface area (Å²) in [4.78, 5) is 30.2. The molecule has 35 heavy (non-hydrogen) atoms. The number of allylic oxidation sites excluding steroid dienone is 1. The fraction of sp³-hybridized carbons (Fsp3) is 0.250. The van der Waals surface area contributed by atoms with Gasteiger partial charge in [-0.2, -0.15) is 0 Å². The van der Waals surface area contributed by atoms with Crippen LogP contribution in [0.25, 0.3) is 21.8 Å². The Kier molecular flexibility index (Phi) is 7.15. The van der Waals surface area contributed by atoms with Gasteiger partial charge in [0.1, 0.15) is 5.69 Å². The second-order valence-corrected chi connectivity index (χ2v) is 8.63. The van der Waals surface area contributed by atoms with Crippen molar-refractivity contribution in [3.63, 3.8) is 0 Å². The molecule has 0 saturated heterocycles. The van der Waals surface area contributed by atoms with Crippen LogP contribution in [-0.4, -0.2) is 23.3 Å². The highest BCUT2D eigenvalue weighted by molar-refractivity contribution is 6.10. The number of aromatic nitrogens is 1. The third-order valence-electron chi connectivity index (χ3n) is 5.95. The summed E-state index contributed by atoms with van der Waals surface area (Å²) in [6.45, 7) is 9.14. The van der Waals surface area contributed by atoms with E-state index in [0.717, 1.165) is 64.1 Å². The Bertz CT molecular complexity index is 1410. The van der Waals surface area contributed by atoms with Crippen molar-refractivity contribution in [1.29, 1.82) is 0 Å². The third kappa shape index (κ3) is 5.04. The standard InChI is InChI=1S/C28H30N5O2/c1-5-7-19(3)29-20-8-11-22(12-9-20)33(16-6-2)28-24-14-10-21(31-34)17-26(24)30-27-18-23(32(4)35)13-15-25(27)28/h8-15,17-18,29H,3,5-7,16H2,1-2,4H3/q+1. The largest absolute Gasteiger partial charge is 0.359 e. The molecule has 0 bridgehead atoms. The van der Waals surface area contributed by atoms with E-state index >= 15 is 0 Å². The van der Waals surface area contributed by atoms with Crippen molar-refractivity contribution >= 4 is 50.2 Å². The third-order valence-corrected chi connectivity index (χ3v) is 5.95. The van der Waals surface area contributed by atoms with Gasteiger partial charge in [-0.3, -0.25) is 0 Å². The first-order chi connectivity index (χ1) is 16.9. The molecule has 0 atom stereocenters. The molecule has 0 saturated carbocycles. The first kappa shape index (κ1) is 24.0. The Labute approximate surface area is 205 Å². The zero-order valence-corrected chi connectivity index (χ0v) is 20.4. The molecule has 0 fully saturated rings. The first-order valence-electron chi connectivity index (χ1n) is 11.9. The van der Waals surface area contributed by atoms with Gasteiger partial charge >= 0.3 is 0 Å². The average molecular weight is 469 g/mol. The van der Waals surface area contributed by atoms with Crippen LogP contribution >= 0.6 is 0 Å². The Morgan fingerprint density at radius 3 is 2.31 bits per heavy atom. The number of anilines is 3. The number of pyridine rings is 1. The second-order valence-electron chi connectivity index (χ2n) is 8.63. The SMILES string of the molecule is C=C(CCC)Nc1ccc(N(CCC)c2c3ccc(N=O)cc3nc3cc([N+](C)=O)ccc23)cc1. The van der Waals surface area contributed by atoms with E-state index in [1.165, 1.54) is 7.05 Å². The smallest absolute Gasteiger partial charge is 0.257 e. The van der Waals surface area contributed by atoms with Gasteiger partial charge in [-0.15, -0.1) is 4.91 Å². The summed E-state index contributed by atoms with van der Waals surface area (Å²) in [6, 6.07) is 19.1. The topological polar surface area (TPSA) is 77.7 Å². The minimum Gasteiger partial charge on any atom is -0.359 e. The zero-order valence-electron chi connectivity index (χ0n) is 20.4. The van der Waals surface area contributed by atoms with E-state index in [1.807, 2.05) is 18.2 Å². The average Bonchev–Trinajstić information content (AvgIpc) is 2.86. The predicted octanol–water partition coefficient (Wildman–Crippen LogP) is 8.10. The van der Waals surface area contributed by atoms with Gasteiger partial charge in [0.05, 0.1) is 16.7 Å². The van der Waals surface area contributed by atoms with Gasteiger partial charge in [0.25, 0.3) is 5.69 Å². The van der Waals surface area contributed by atoms with Crippen LogP contribution in [0.5, 0.6) is 0 Å². The van der Waals surface area contributed by atoms with Crippen molar-refractivity contribution in [3.05, 3.63) is 82.8 Å². The van der Waals surface area contributed by atoms with E-state index in [9.17, 15) is 9.81 Å². The van der Waals surface area contributed by atoms with E-state index in [-0.39, 0.29) is 0 Å². The lowest BCUT2D eigenvalue weighted by atomic mass is 10.0. The second kappa shape index (κ2) is 10.4. The van der Waals surface area contributed by atoms with E-state index in [2.05, 4.69) is 60.1 Å². The van der Waals surface area contributed by atoms with Crippen LogP contribution in [0.1, 0.15) is 33.1 Å². The lowest BCUT2D eigenvalue weighted by Gasteiger charge is -2.28. The molecule has 1 N–H and O–H groups in total. The fourth-order valence-electron chi connectivity index (χ4n) is 4.33. The number of hydrogen-bond acceptors (Lipinski definition) is 6. The van der Waals surface area contributed by atoms with Gasteiger partial charge in [-0.25, -0.2) is 4.98 Å². The molecular formula is C28H30N5O2+. The summed E-state index contributed by atoms with van der Waals surface area (Å²) < 4.78 is 0.816. The fourth-order valence-corrected chi connectivity index (χ4v) is 4.33. The molecule has 178 valence electrons. The van der Waals surface area contributed by atoms with E-state index in [4.69, 9.17) is 4.98 Å². The van der Waals surface area contributed by atoms with Crippen molar-refractivity contribution in [2.45, 2.75) is 33.1 Å². The van der Waals surface area contributed by atoms with Crippen molar-refractivity contribution in [1.82, 2.24) is 4.98 Å². The molecule has 0 aliphatic heterocycles. The van der Waals surface area contributed by atoms with Gasteiger partial charge in [0, 0.05) is 56.2 Å². The maximum Gasteiger partial charge on any atom is 0.257 e. The molecule has 4 rings (SSSR count). The summed E-state index contributed by atoms with van der Waals surface area (Å²) in [5.74, 6) is 0. The molecule has 0 radical (unpaired) electrons. The zero-order chi connectivity index (χ0) is 24.9. The van der Waals surface area contributed by atoms with Crippen molar-refractivity contribution in [3.8, 4) is 0 Å². The van der Waals surface area contributed by atoms with Crippen LogP contribution in [0.15, 0.2) is 78.1 Å². The number of hydrogen-bond donors (Lipinski definition) is 1. The van der Waals surface area contributed by atoms with Gasteiger partial charge in [0.2, 0.25) is 0 Å². The lowest BCUT2D eigenvalue weighted by molar-refractivity contribution is -0.428. The minimum atomic E-state index is 0.317. The maximum atomic E-state index is 12.0. The number of nitrogens with zero attached hydrogens (tertiary/aromatic N) is 4. The summed E-state index contributed by atoms with van der Waals surface area (Å²) in [5.41, 5.74) is 6.20. The van der Waals surface area contributed by atoms with E-state index in [1.54, 1.807) is 18.2 Å². The first-order valence-corrected chi connectivity index (χ1v) is 11.9. The van der Waals surface area contributed by atoms with E-state index < -0.39 is 0 Å². The molecule has 1 heterocycles. The molecule has 7 heteroatoms. The monoisotopic (exact) mass is 468 g/mol. The minimum absolute atomic E-state index is 0.317. The summed E-state index contributed by atoms with van der Waals surface area (Å²) in [7, 11) is 1.46. The van der Waals surface area contributed by atoms with E-state index in [0.29, 0.717) is 22.4 Å². The molecule has 7 nitrogen and oxygen atoms in total. The Morgan fingerprint density at radius 1 is 1.00 bits per heavy atom. The highest BCUT2D eigenvalue weighted by Crippen LogP contribution is 2.40. The van der Waals surface area contributed by atoms with Crippen LogP contribution in [0, 0.1) is 9.81 Å². The van der Waals surface area contributed by atoms with Crippen molar-refractivity contribution < 1.29 is 4.76 Å². The van der Waals surface area contributed by atoms with Crippen molar-refractivity contribution in [2.24, 2.45) is 5.18 Å². The molecule has 0 spiro atoms. The Balaban J connectivity index is 1.90. The van der Waals surface area contributed by atoms with Crippen LogP contribution in [0.2, 0.25) is 0 Å². The molecule has 0 aliphatic rings. The van der Waals surface area contributed by atoms with Crippen molar-refractivity contribution in [2.75, 3.05) is 23.8 Å². The predicted molar refractivity (Wildman–Crippen MR) is 145 cm³/mol. The summed E-state index contributed by atoms with van der Waals surface area (Å²) in [6.07, 6.45) is 2.90. The van der Waals surface area contributed by atoms with Gasteiger partial charge in [-0.05, 0) is 66.5 Å². The molecule has 1 aromatic heterocycles. The highest BCUT2D eigenvalue weighted by atomic mass is 16.3. The van der Waals surface area contributed by atoms with Gasteiger partial charge in [-0.1, -0.05) is 26.8 Å². The molecule has 0 amide bonds. The van der Waals surface area contributed by atoms with Crippen LogP contribution in [0.4, 0.5) is 28.4 Å². The van der Waals surface area contributed by atoms with Crippen LogP contribution in [-0.2, 0) is 0 Å². The quantitative estimate of drug-likeness (QED) is 0.144. The van der Waals surface area contributed by atoms with Crippen LogP contribution < -0.4 is 10.2 Å². The number of nitroso groups, excluding NO2 is 2. The number of nitrogens with one attached hydrogen (secondary N) is 1. The molecule has 4 aromatic rings. The maximum absolute atomic E-state index is 12.0. The number of fused-ring (bicyclic) bond motifs is 2. The lowest BCUT2D eigenvalue weighted by Crippen LogP contribution is -2.19. The Hall–Kier alpha value is -4.13. The molecule has 0 aliphatic carbocycles. The highest BCUT2D eigenvalue weighted by Gasteiger charge is 2.19. The normalized spacial score (nSPS) is 10.9. The summed E-state index contributed by atoms with van der Waals surface area (Å²) >= 11 is 0. The Morgan fingerprint density at radius 2 is 1.69 bits per heavy atom. The molecule has 0 unspecified atom stereocenters.